The molecule has 1 atom stereocenters. The first kappa shape index (κ1) is 17.1. The van der Waals surface area contributed by atoms with Crippen LogP contribution >= 0.6 is 15.9 Å². The highest BCUT2D eigenvalue weighted by molar-refractivity contribution is 9.10. The fourth-order valence-electron chi connectivity index (χ4n) is 2.08. The highest BCUT2D eigenvalue weighted by Gasteiger charge is 2.10. The third-order valence-corrected chi connectivity index (χ3v) is 3.86. The van der Waals surface area contributed by atoms with Crippen LogP contribution < -0.4 is 20.1 Å². The molecule has 122 valence electrons. The number of halogens is 1. The highest BCUT2D eigenvalue weighted by Crippen LogP contribution is 2.26. The molecule has 0 saturated carbocycles. The van der Waals surface area contributed by atoms with Crippen LogP contribution in [0.25, 0.3) is 0 Å². The molecule has 2 aromatic carbocycles. The van der Waals surface area contributed by atoms with Gasteiger partial charge in [-0.25, -0.2) is 4.79 Å². The molecule has 2 rings (SSSR count). The van der Waals surface area contributed by atoms with Gasteiger partial charge in [0.05, 0.1) is 20.3 Å². The second-order valence-corrected chi connectivity index (χ2v) is 5.89. The topological polar surface area (TPSA) is 59.6 Å². The molecule has 0 bridgehead atoms. The molecule has 2 N–H and O–H groups in total. The molecule has 0 heterocycles. The predicted molar refractivity (Wildman–Crippen MR) is 94.3 cm³/mol. The van der Waals surface area contributed by atoms with Gasteiger partial charge in [-0.1, -0.05) is 28.1 Å². The van der Waals surface area contributed by atoms with Gasteiger partial charge in [0, 0.05) is 28.4 Å². The van der Waals surface area contributed by atoms with Gasteiger partial charge in [-0.15, -0.1) is 0 Å². The van der Waals surface area contributed by atoms with E-state index in [-0.39, 0.29) is 12.1 Å². The number of benzene rings is 2. The summed E-state index contributed by atoms with van der Waals surface area (Å²) in [7, 11) is 3.13. The van der Waals surface area contributed by atoms with Crippen LogP contribution in [-0.2, 0) is 0 Å². The number of carbonyl (C=O) groups excluding carboxylic acids is 1. The van der Waals surface area contributed by atoms with Crippen molar-refractivity contribution in [1.29, 1.82) is 0 Å². The van der Waals surface area contributed by atoms with Crippen molar-refractivity contribution in [3.8, 4) is 11.5 Å². The summed E-state index contributed by atoms with van der Waals surface area (Å²) < 4.78 is 11.4. The molecule has 0 radical (unpaired) electrons. The van der Waals surface area contributed by atoms with Gasteiger partial charge in [0.15, 0.2) is 0 Å². The van der Waals surface area contributed by atoms with Crippen LogP contribution in [0.5, 0.6) is 11.5 Å². The minimum absolute atomic E-state index is 0.115. The van der Waals surface area contributed by atoms with Crippen molar-refractivity contribution in [2.24, 2.45) is 0 Å². The van der Waals surface area contributed by atoms with Crippen molar-refractivity contribution in [3.63, 3.8) is 0 Å². The van der Waals surface area contributed by atoms with E-state index in [1.165, 1.54) is 0 Å². The molecule has 0 saturated heterocycles. The number of urea groups is 1. The van der Waals surface area contributed by atoms with Gasteiger partial charge < -0.3 is 20.1 Å². The average molecular weight is 379 g/mol. The number of methoxy groups -OCH3 is 2. The van der Waals surface area contributed by atoms with E-state index in [1.54, 1.807) is 32.4 Å². The molecule has 0 aliphatic heterocycles. The first-order valence-electron chi connectivity index (χ1n) is 7.08. The standard InChI is InChI=1S/C17H19BrN2O3/c1-11(12-4-6-13(18)7-5-12)19-17(21)20-14-8-15(22-2)10-16(9-14)23-3/h4-11H,1-3H3,(H2,19,20,21). The molecular formula is C17H19BrN2O3. The van der Waals surface area contributed by atoms with E-state index >= 15 is 0 Å². The number of ether oxygens (including phenoxy) is 2. The summed E-state index contributed by atoms with van der Waals surface area (Å²) in [6, 6.07) is 12.6. The maximum atomic E-state index is 12.1. The fourth-order valence-corrected chi connectivity index (χ4v) is 2.34. The van der Waals surface area contributed by atoms with Crippen molar-refractivity contribution >= 4 is 27.6 Å². The molecule has 6 heteroatoms. The predicted octanol–water partition coefficient (Wildman–Crippen LogP) is 4.35. The monoisotopic (exact) mass is 378 g/mol. The molecule has 5 nitrogen and oxygen atoms in total. The van der Waals surface area contributed by atoms with Gasteiger partial charge in [-0.3, -0.25) is 0 Å². The van der Waals surface area contributed by atoms with Gasteiger partial charge in [0.25, 0.3) is 0 Å². The van der Waals surface area contributed by atoms with Gasteiger partial charge >= 0.3 is 6.03 Å². The lowest BCUT2D eigenvalue weighted by molar-refractivity contribution is 0.249. The van der Waals surface area contributed by atoms with E-state index in [9.17, 15) is 4.79 Å². The zero-order valence-electron chi connectivity index (χ0n) is 13.2. The summed E-state index contributed by atoms with van der Waals surface area (Å²) >= 11 is 3.39. The first-order valence-corrected chi connectivity index (χ1v) is 7.87. The molecule has 0 fully saturated rings. The van der Waals surface area contributed by atoms with E-state index in [0.29, 0.717) is 17.2 Å². The Balaban J connectivity index is 2.03. The third-order valence-electron chi connectivity index (χ3n) is 3.33. The van der Waals surface area contributed by atoms with Crippen molar-refractivity contribution in [1.82, 2.24) is 5.32 Å². The third kappa shape index (κ3) is 4.89. The molecular weight excluding hydrogens is 360 g/mol. The van der Waals surface area contributed by atoms with Crippen LogP contribution in [0.3, 0.4) is 0 Å². The van der Waals surface area contributed by atoms with E-state index in [0.717, 1.165) is 10.0 Å². The Hall–Kier alpha value is -2.21. The normalized spacial score (nSPS) is 11.5. The van der Waals surface area contributed by atoms with E-state index in [4.69, 9.17) is 9.47 Å². The molecule has 0 aromatic heterocycles. The largest absolute Gasteiger partial charge is 0.497 e. The molecule has 0 aliphatic carbocycles. The lowest BCUT2D eigenvalue weighted by Crippen LogP contribution is -2.31. The zero-order chi connectivity index (χ0) is 16.8. The summed E-state index contributed by atoms with van der Waals surface area (Å²) in [5, 5.41) is 5.68. The molecule has 23 heavy (non-hydrogen) atoms. The second-order valence-electron chi connectivity index (χ2n) is 4.97. The van der Waals surface area contributed by atoms with Gasteiger partial charge in [-0.05, 0) is 24.6 Å². The smallest absolute Gasteiger partial charge is 0.319 e. The zero-order valence-corrected chi connectivity index (χ0v) is 14.8. The summed E-state index contributed by atoms with van der Waals surface area (Å²) in [4.78, 5) is 12.1. The molecule has 2 aromatic rings. The second kappa shape index (κ2) is 7.87. The average Bonchev–Trinajstić information content (AvgIpc) is 2.54. The minimum atomic E-state index is -0.296. The van der Waals surface area contributed by atoms with Crippen LogP contribution in [0.1, 0.15) is 18.5 Å². The van der Waals surface area contributed by atoms with E-state index in [1.807, 2.05) is 31.2 Å². The maximum absolute atomic E-state index is 12.1. The SMILES string of the molecule is COc1cc(NC(=O)NC(C)c2ccc(Br)cc2)cc(OC)c1. The number of hydrogen-bond donors (Lipinski definition) is 2. The van der Waals surface area contributed by atoms with Crippen LogP contribution in [-0.4, -0.2) is 20.3 Å². The number of anilines is 1. The summed E-state index contributed by atoms with van der Waals surface area (Å²) in [6.07, 6.45) is 0. The van der Waals surface area contributed by atoms with Crippen LogP contribution in [0.2, 0.25) is 0 Å². The summed E-state index contributed by atoms with van der Waals surface area (Å²) in [6.45, 7) is 1.93. The van der Waals surface area contributed by atoms with Gasteiger partial charge in [-0.2, -0.15) is 0 Å². The number of carbonyl (C=O) groups is 1. The van der Waals surface area contributed by atoms with Crippen molar-refractivity contribution in [2.75, 3.05) is 19.5 Å². The van der Waals surface area contributed by atoms with E-state index < -0.39 is 0 Å². The minimum Gasteiger partial charge on any atom is -0.497 e. The Morgan fingerprint density at radius 1 is 1.04 bits per heavy atom. The lowest BCUT2D eigenvalue weighted by Gasteiger charge is -2.16. The molecule has 1 unspecified atom stereocenters. The van der Waals surface area contributed by atoms with Crippen molar-refractivity contribution < 1.29 is 14.3 Å². The van der Waals surface area contributed by atoms with E-state index in [2.05, 4.69) is 26.6 Å². The Kier molecular flexibility index (Phi) is 5.87. The first-order chi connectivity index (χ1) is 11.0. The van der Waals surface area contributed by atoms with Crippen molar-refractivity contribution in [3.05, 3.63) is 52.5 Å². The summed E-state index contributed by atoms with van der Waals surface area (Å²) in [5.74, 6) is 1.22. The highest BCUT2D eigenvalue weighted by atomic mass is 79.9. The quantitative estimate of drug-likeness (QED) is 0.812. The maximum Gasteiger partial charge on any atom is 0.319 e. The van der Waals surface area contributed by atoms with Gasteiger partial charge in [0.2, 0.25) is 0 Å². The Morgan fingerprint density at radius 3 is 2.13 bits per heavy atom. The van der Waals surface area contributed by atoms with Crippen LogP contribution in [0.4, 0.5) is 10.5 Å². The summed E-state index contributed by atoms with van der Waals surface area (Å²) in [5.41, 5.74) is 1.62. The van der Waals surface area contributed by atoms with Crippen LogP contribution in [0, 0.1) is 0 Å². The lowest BCUT2D eigenvalue weighted by atomic mass is 10.1. The molecule has 0 spiro atoms. The fraction of sp³-hybridized carbons (Fsp3) is 0.235. The van der Waals surface area contributed by atoms with Crippen molar-refractivity contribution in [2.45, 2.75) is 13.0 Å². The number of hydrogen-bond acceptors (Lipinski definition) is 3. The van der Waals surface area contributed by atoms with Crippen LogP contribution in [0.15, 0.2) is 46.9 Å². The van der Waals surface area contributed by atoms with Gasteiger partial charge in [0.1, 0.15) is 11.5 Å². The molecule has 2 amide bonds. The molecule has 0 aliphatic rings. The Labute approximate surface area is 144 Å². The Morgan fingerprint density at radius 2 is 1.61 bits per heavy atom. The number of rotatable bonds is 5. The number of nitrogens with one attached hydrogen (secondary N) is 2. The number of amides is 2. The Bertz CT molecular complexity index is 652.